The maximum absolute atomic E-state index is 11.1. The molecule has 2 amide bonds. The Kier molecular flexibility index (Phi) is 10.3. The van der Waals surface area contributed by atoms with Gasteiger partial charge >= 0.3 is 35.6 Å². The van der Waals surface area contributed by atoms with E-state index >= 15 is 0 Å². The van der Waals surface area contributed by atoms with E-state index in [-0.39, 0.29) is 53.1 Å². The summed E-state index contributed by atoms with van der Waals surface area (Å²) in [5.74, 6) is 0. The van der Waals surface area contributed by atoms with Crippen LogP contribution < -0.4 is 34.9 Å². The molecular weight excluding hydrogens is 295 g/mol. The van der Waals surface area contributed by atoms with Crippen LogP contribution in [0.1, 0.15) is 18.4 Å². The van der Waals surface area contributed by atoms with E-state index in [0.29, 0.717) is 13.2 Å². The third-order valence-corrected chi connectivity index (χ3v) is 3.46. The van der Waals surface area contributed by atoms with E-state index < -0.39 is 0 Å². The Labute approximate surface area is 152 Å². The molecule has 0 unspecified atom stereocenters. The number of urea groups is 1. The van der Waals surface area contributed by atoms with E-state index in [0.717, 1.165) is 12.8 Å². The molecule has 0 aromatic heterocycles. The number of rotatable bonds is 3. The van der Waals surface area contributed by atoms with Gasteiger partial charge in [-0.3, -0.25) is 0 Å². The molecule has 6 nitrogen and oxygen atoms in total. The number of carbonyl (C=O) groups is 1. The summed E-state index contributed by atoms with van der Waals surface area (Å²) in [5.41, 5.74) is 1.22. The van der Waals surface area contributed by atoms with Crippen molar-refractivity contribution in [1.29, 1.82) is 0 Å². The zero-order valence-corrected chi connectivity index (χ0v) is 15.0. The fourth-order valence-corrected chi connectivity index (χ4v) is 2.43. The van der Waals surface area contributed by atoms with E-state index in [4.69, 9.17) is 4.74 Å². The Morgan fingerprint density at radius 2 is 2.00 bits per heavy atom. The third-order valence-electron chi connectivity index (χ3n) is 3.46. The number of hydrogen-bond donors (Lipinski definition) is 1. The summed E-state index contributed by atoms with van der Waals surface area (Å²) < 4.78 is 4.93. The van der Waals surface area contributed by atoms with Crippen LogP contribution in [-0.4, -0.2) is 48.4 Å². The van der Waals surface area contributed by atoms with Crippen LogP contribution in [-0.2, 0) is 16.1 Å². The summed E-state index contributed by atoms with van der Waals surface area (Å²) in [6.45, 7) is 1.39. The average Bonchev–Trinajstić information content (AvgIpc) is 2.77. The molecule has 3 rings (SSSR count). The van der Waals surface area contributed by atoms with Crippen molar-refractivity contribution in [2.24, 2.45) is 0 Å². The van der Waals surface area contributed by atoms with Gasteiger partial charge in [0, 0.05) is 19.7 Å². The summed E-state index contributed by atoms with van der Waals surface area (Å²) in [7, 11) is 1.70. The van der Waals surface area contributed by atoms with E-state index in [1.807, 2.05) is 36.6 Å². The average molecular weight is 315 g/mol. The predicted molar refractivity (Wildman–Crippen MR) is 76.8 cm³/mol. The molecule has 2 bridgehead atoms. The van der Waals surface area contributed by atoms with Gasteiger partial charge in [-0.2, -0.15) is 0 Å². The van der Waals surface area contributed by atoms with Crippen LogP contribution in [0.15, 0.2) is 30.3 Å². The van der Waals surface area contributed by atoms with Crippen molar-refractivity contribution in [2.75, 3.05) is 13.7 Å². The second-order valence-corrected chi connectivity index (χ2v) is 4.93. The second-order valence-electron chi connectivity index (χ2n) is 4.93. The van der Waals surface area contributed by atoms with Gasteiger partial charge in [0.25, 0.3) is 0 Å². The van der Waals surface area contributed by atoms with Crippen molar-refractivity contribution in [3.8, 4) is 0 Å². The number of methoxy groups -OCH3 is 1. The molecule has 0 saturated carbocycles. The van der Waals surface area contributed by atoms with Gasteiger partial charge in [0.2, 0.25) is 0 Å². The van der Waals surface area contributed by atoms with Crippen LogP contribution in [0.4, 0.5) is 4.79 Å². The fourth-order valence-electron chi connectivity index (χ4n) is 2.43. The normalized spacial score (nSPS) is 21.5. The van der Waals surface area contributed by atoms with Crippen LogP contribution in [0.5, 0.6) is 0 Å². The van der Waals surface area contributed by atoms with Gasteiger partial charge in [-0.05, 0) is 12.0 Å². The van der Waals surface area contributed by atoms with Crippen molar-refractivity contribution in [3.05, 3.63) is 35.9 Å². The largest absolute Gasteiger partial charge is 1.00 e. The Bertz CT molecular complexity index is 458. The molecule has 2 aliphatic rings. The van der Waals surface area contributed by atoms with Gasteiger partial charge in [0.1, 0.15) is 0 Å². The number of nitrogens with one attached hydrogen (secondary N) is 1. The number of benzene rings is 1. The molecule has 2 aliphatic heterocycles. The fraction of sp³-hybridized carbons (Fsp3) is 0.467. The van der Waals surface area contributed by atoms with Crippen LogP contribution >= 0.6 is 0 Å². The zero-order chi connectivity index (χ0) is 14.4. The molecule has 2 atom stereocenters. The van der Waals surface area contributed by atoms with Crippen LogP contribution in [0.2, 0.25) is 0 Å². The van der Waals surface area contributed by atoms with E-state index in [1.165, 1.54) is 5.56 Å². The maximum atomic E-state index is 11.1. The van der Waals surface area contributed by atoms with Gasteiger partial charge in [-0.15, -0.1) is 0 Å². The minimum absolute atomic E-state index is 0. The topological polar surface area (TPSA) is 88.6 Å². The van der Waals surface area contributed by atoms with Crippen molar-refractivity contribution < 1.29 is 49.4 Å². The summed E-state index contributed by atoms with van der Waals surface area (Å²) in [6, 6.07) is 9.97. The summed E-state index contributed by atoms with van der Waals surface area (Å²) in [5, 5.41) is 2.79. The first-order valence-corrected chi connectivity index (χ1v) is 6.72. The van der Waals surface area contributed by atoms with Crippen LogP contribution in [0.25, 0.3) is 0 Å². The first kappa shape index (κ1) is 21.1. The smallest absolute Gasteiger partial charge is 0.870 e. The molecule has 2 saturated heterocycles. The predicted octanol–water partition coefficient (Wildman–Crippen LogP) is -1.69. The molecule has 2 heterocycles. The van der Waals surface area contributed by atoms with Crippen LogP contribution in [0, 0.1) is 0 Å². The summed E-state index contributed by atoms with van der Waals surface area (Å²) >= 11 is 0. The Morgan fingerprint density at radius 3 is 2.59 bits per heavy atom. The number of ether oxygens (including phenoxy) is 1. The number of piperidine rings is 1. The molecule has 0 aliphatic carbocycles. The monoisotopic (exact) mass is 315 g/mol. The first-order chi connectivity index (χ1) is 9.74. The number of carbonyl (C=O) groups excluding carboxylic acids is 2. The summed E-state index contributed by atoms with van der Waals surface area (Å²) in [6.07, 6.45) is 3.54. The van der Waals surface area contributed by atoms with Crippen molar-refractivity contribution >= 4 is 12.3 Å². The molecule has 22 heavy (non-hydrogen) atoms. The molecule has 2 fully saturated rings. The van der Waals surface area contributed by atoms with E-state index in [2.05, 4.69) is 5.32 Å². The van der Waals surface area contributed by atoms with Crippen LogP contribution in [0.3, 0.4) is 0 Å². The molecule has 0 spiro atoms. The molecule has 0 radical (unpaired) electrons. The molecule has 116 valence electrons. The minimum atomic E-state index is -0.297. The molecular formula is C15H20N2NaO4-. The Morgan fingerprint density at radius 1 is 1.32 bits per heavy atom. The van der Waals surface area contributed by atoms with Crippen molar-refractivity contribution in [3.63, 3.8) is 0 Å². The number of amides is 2. The Hall–Kier alpha value is -0.920. The molecule has 2 N–H and O–H groups in total. The van der Waals surface area contributed by atoms with Gasteiger partial charge < -0.3 is 25.2 Å². The van der Waals surface area contributed by atoms with Crippen molar-refractivity contribution in [1.82, 2.24) is 10.2 Å². The number of fused-ring (bicyclic) bond motifs is 2. The van der Waals surface area contributed by atoms with E-state index in [1.54, 1.807) is 12.0 Å². The standard InChI is InChI=1S/C8H10O.C7H9N2O2.Na.H2O/c1-9-7-8-5-3-2-4-6-8;10-4-6-2-1-5-3-9(6)7(11)8-5;;/h2-6H,7H2,1H3;5-6H,1-3H2,(H,8,11);;1H2/q;-1;+1;/p-1/t;5-,6+;;/m.1../s1. The third kappa shape index (κ3) is 5.70. The second kappa shape index (κ2) is 10.7. The van der Waals surface area contributed by atoms with Gasteiger partial charge in [-0.1, -0.05) is 42.8 Å². The minimum Gasteiger partial charge on any atom is -0.870 e. The molecule has 1 aromatic rings. The van der Waals surface area contributed by atoms with Gasteiger partial charge in [-0.25, -0.2) is 11.1 Å². The van der Waals surface area contributed by atoms with Gasteiger partial charge in [0.05, 0.1) is 6.61 Å². The molecule has 7 heteroatoms. The molecule has 1 aromatic carbocycles. The maximum Gasteiger partial charge on any atom is 1.00 e. The Balaban J connectivity index is 0.000000374. The summed E-state index contributed by atoms with van der Waals surface area (Å²) in [4.78, 5) is 23.0. The number of hydrogen-bond acceptors (Lipinski definition) is 4. The first-order valence-electron chi connectivity index (χ1n) is 6.72. The van der Waals surface area contributed by atoms with Gasteiger partial charge in [0.15, 0.2) is 0 Å². The SMILES string of the molecule is COCc1ccccc1.O=[C-][C@@H]1CC[C@@H]2CN1C(=O)N2.[Na+].[OH-]. The van der Waals surface area contributed by atoms with E-state index in [9.17, 15) is 9.59 Å². The zero-order valence-electron chi connectivity index (χ0n) is 13.0. The quantitative estimate of drug-likeness (QED) is 0.533. The van der Waals surface area contributed by atoms with Crippen molar-refractivity contribution in [2.45, 2.75) is 31.5 Å². The number of nitrogens with zero attached hydrogens (tertiary/aromatic N) is 1.